The van der Waals surface area contributed by atoms with Gasteiger partial charge in [0.1, 0.15) is 11.5 Å². The van der Waals surface area contributed by atoms with Gasteiger partial charge in [0.05, 0.1) is 13.5 Å². The van der Waals surface area contributed by atoms with E-state index in [0.717, 1.165) is 5.75 Å². The van der Waals surface area contributed by atoms with Gasteiger partial charge in [-0.05, 0) is 24.3 Å². The van der Waals surface area contributed by atoms with E-state index in [9.17, 15) is 4.79 Å². The van der Waals surface area contributed by atoms with Gasteiger partial charge in [-0.25, -0.2) is 0 Å². The van der Waals surface area contributed by atoms with Crippen LogP contribution in [-0.4, -0.2) is 28.4 Å². The third-order valence-electron chi connectivity index (χ3n) is 2.48. The van der Waals surface area contributed by atoms with Crippen LogP contribution in [0, 0.1) is 0 Å². The van der Waals surface area contributed by atoms with Crippen LogP contribution < -0.4 is 9.47 Å². The number of hydrogen-bond acceptors (Lipinski definition) is 6. The van der Waals surface area contributed by atoms with Crippen molar-refractivity contribution < 1.29 is 23.8 Å². The fraction of sp³-hybridized carbons (Fsp3) is 0.308. The Balaban J connectivity index is 1.85. The van der Waals surface area contributed by atoms with Gasteiger partial charge in [-0.15, -0.1) is 10.2 Å². The highest BCUT2D eigenvalue weighted by Crippen LogP contribution is 2.18. The maximum absolute atomic E-state index is 10.4. The molecule has 7 heteroatoms. The van der Waals surface area contributed by atoms with Crippen LogP contribution in [0.4, 0.5) is 0 Å². The van der Waals surface area contributed by atoms with Crippen LogP contribution in [0.1, 0.15) is 18.2 Å². The normalized spacial score (nSPS) is 10.2. The number of aliphatic carboxylic acids is 1. The van der Waals surface area contributed by atoms with Crippen molar-refractivity contribution in [3.63, 3.8) is 0 Å². The van der Waals surface area contributed by atoms with Gasteiger partial charge < -0.3 is 19.0 Å². The minimum Gasteiger partial charge on any atom is -0.497 e. The molecule has 0 amide bonds. The zero-order valence-corrected chi connectivity index (χ0v) is 10.9. The lowest BCUT2D eigenvalue weighted by atomic mass is 10.3. The second-order valence-corrected chi connectivity index (χ2v) is 3.95. The van der Waals surface area contributed by atoms with Crippen molar-refractivity contribution in [3.05, 3.63) is 36.0 Å². The maximum atomic E-state index is 10.4. The van der Waals surface area contributed by atoms with E-state index in [1.54, 1.807) is 31.4 Å². The smallest absolute Gasteiger partial charge is 0.303 e. The molecule has 1 aromatic carbocycles. The Labute approximate surface area is 115 Å². The molecular weight excluding hydrogens is 264 g/mol. The largest absolute Gasteiger partial charge is 0.497 e. The molecule has 0 unspecified atom stereocenters. The van der Waals surface area contributed by atoms with Crippen molar-refractivity contribution in [2.45, 2.75) is 19.4 Å². The fourth-order valence-corrected chi connectivity index (χ4v) is 1.48. The highest BCUT2D eigenvalue weighted by molar-refractivity contribution is 5.66. The number of carboxylic acids is 1. The van der Waals surface area contributed by atoms with Crippen LogP contribution in [0.15, 0.2) is 28.7 Å². The molecule has 0 saturated heterocycles. The number of benzene rings is 1. The summed E-state index contributed by atoms with van der Waals surface area (Å²) < 4.78 is 15.8. The van der Waals surface area contributed by atoms with E-state index >= 15 is 0 Å². The number of methoxy groups -OCH3 is 1. The van der Waals surface area contributed by atoms with Gasteiger partial charge in [-0.3, -0.25) is 4.79 Å². The number of rotatable bonds is 7. The van der Waals surface area contributed by atoms with E-state index < -0.39 is 5.97 Å². The summed E-state index contributed by atoms with van der Waals surface area (Å²) in [5, 5.41) is 16.1. The molecule has 1 N–H and O–H groups in total. The molecule has 0 aliphatic heterocycles. The van der Waals surface area contributed by atoms with Crippen molar-refractivity contribution in [1.82, 2.24) is 10.2 Å². The van der Waals surface area contributed by atoms with Gasteiger partial charge >= 0.3 is 5.97 Å². The lowest BCUT2D eigenvalue weighted by Crippen LogP contribution is -1.97. The molecule has 0 aliphatic rings. The Morgan fingerprint density at radius 2 is 1.85 bits per heavy atom. The quantitative estimate of drug-likeness (QED) is 0.823. The SMILES string of the molecule is COc1ccc(OCc2nnc(CCC(=O)O)o2)cc1. The fourth-order valence-electron chi connectivity index (χ4n) is 1.48. The van der Waals surface area contributed by atoms with Gasteiger partial charge in [0.2, 0.25) is 5.89 Å². The lowest BCUT2D eigenvalue weighted by Gasteiger charge is -2.04. The van der Waals surface area contributed by atoms with Crippen LogP contribution in [0.3, 0.4) is 0 Å². The molecule has 0 atom stereocenters. The average Bonchev–Trinajstić information content (AvgIpc) is 2.91. The summed E-state index contributed by atoms with van der Waals surface area (Å²) in [6, 6.07) is 7.09. The van der Waals surface area contributed by atoms with Crippen LogP contribution in [-0.2, 0) is 17.8 Å². The summed E-state index contributed by atoms with van der Waals surface area (Å²) in [7, 11) is 1.59. The van der Waals surface area contributed by atoms with Crippen molar-refractivity contribution in [2.24, 2.45) is 0 Å². The summed E-state index contributed by atoms with van der Waals surface area (Å²) in [6.45, 7) is 0.131. The summed E-state index contributed by atoms with van der Waals surface area (Å²) >= 11 is 0. The van der Waals surface area contributed by atoms with E-state index in [0.29, 0.717) is 17.5 Å². The minimum atomic E-state index is -0.903. The minimum absolute atomic E-state index is 0.0407. The van der Waals surface area contributed by atoms with E-state index in [4.69, 9.17) is 19.0 Å². The molecule has 1 heterocycles. The number of carboxylic acid groups (broad SMARTS) is 1. The highest BCUT2D eigenvalue weighted by atomic mass is 16.5. The molecule has 106 valence electrons. The molecular formula is C13H14N2O5. The standard InChI is InChI=1S/C13H14N2O5/c1-18-9-2-4-10(5-3-9)19-8-12-15-14-11(20-12)6-7-13(16)17/h2-5H,6-8H2,1H3,(H,16,17). The average molecular weight is 278 g/mol. The van der Waals surface area contributed by atoms with Gasteiger partial charge in [0, 0.05) is 6.42 Å². The van der Waals surface area contributed by atoms with Crippen molar-refractivity contribution >= 4 is 5.97 Å². The van der Waals surface area contributed by atoms with Crippen LogP contribution in [0.5, 0.6) is 11.5 Å². The number of hydrogen-bond donors (Lipinski definition) is 1. The monoisotopic (exact) mass is 278 g/mol. The summed E-state index contributed by atoms with van der Waals surface area (Å²) in [6.07, 6.45) is 0.172. The third kappa shape index (κ3) is 3.98. The first-order valence-electron chi connectivity index (χ1n) is 5.97. The van der Waals surface area contributed by atoms with Crippen molar-refractivity contribution in [3.8, 4) is 11.5 Å². The predicted molar refractivity (Wildman–Crippen MR) is 67.6 cm³/mol. The van der Waals surface area contributed by atoms with Crippen LogP contribution >= 0.6 is 0 Å². The predicted octanol–water partition coefficient (Wildman–Crippen LogP) is 1.67. The molecule has 0 fully saturated rings. The van der Waals surface area contributed by atoms with E-state index in [1.807, 2.05) is 0 Å². The number of ether oxygens (including phenoxy) is 2. The van der Waals surface area contributed by atoms with Crippen molar-refractivity contribution in [1.29, 1.82) is 0 Å². The van der Waals surface area contributed by atoms with Gasteiger partial charge in [0.25, 0.3) is 5.89 Å². The summed E-state index contributed by atoms with van der Waals surface area (Å²) in [5.74, 6) is 1.09. The second kappa shape index (κ2) is 6.55. The lowest BCUT2D eigenvalue weighted by molar-refractivity contribution is -0.137. The Morgan fingerprint density at radius 1 is 1.20 bits per heavy atom. The van der Waals surface area contributed by atoms with E-state index in [2.05, 4.69) is 10.2 Å². The zero-order valence-electron chi connectivity index (χ0n) is 10.9. The molecule has 2 rings (SSSR count). The summed E-state index contributed by atoms with van der Waals surface area (Å²) in [5.41, 5.74) is 0. The first-order valence-corrected chi connectivity index (χ1v) is 5.97. The number of nitrogens with zero attached hydrogens (tertiary/aromatic N) is 2. The van der Waals surface area contributed by atoms with Crippen LogP contribution in [0.2, 0.25) is 0 Å². The van der Waals surface area contributed by atoms with Gasteiger partial charge in [0.15, 0.2) is 6.61 Å². The molecule has 0 aliphatic carbocycles. The number of carbonyl (C=O) groups is 1. The third-order valence-corrected chi connectivity index (χ3v) is 2.48. The van der Waals surface area contributed by atoms with Crippen LogP contribution in [0.25, 0.3) is 0 Å². The topological polar surface area (TPSA) is 94.7 Å². The van der Waals surface area contributed by atoms with E-state index in [-0.39, 0.29) is 19.4 Å². The highest BCUT2D eigenvalue weighted by Gasteiger charge is 2.08. The number of aryl methyl sites for hydroxylation is 1. The summed E-state index contributed by atoms with van der Waals surface area (Å²) in [4.78, 5) is 10.4. The van der Waals surface area contributed by atoms with Crippen molar-refractivity contribution in [2.75, 3.05) is 7.11 Å². The first kappa shape index (κ1) is 13.9. The Hall–Kier alpha value is -2.57. The Bertz CT molecular complexity index is 564. The zero-order chi connectivity index (χ0) is 14.4. The molecule has 0 bridgehead atoms. The molecule has 0 saturated carbocycles. The van der Waals surface area contributed by atoms with E-state index in [1.165, 1.54) is 0 Å². The molecule has 2 aromatic rings. The number of aromatic nitrogens is 2. The molecule has 7 nitrogen and oxygen atoms in total. The molecule has 1 aromatic heterocycles. The molecule has 20 heavy (non-hydrogen) atoms. The Kier molecular flexibility index (Phi) is 4.54. The Morgan fingerprint density at radius 3 is 2.50 bits per heavy atom. The molecule has 0 radical (unpaired) electrons. The first-order chi connectivity index (χ1) is 9.67. The van der Waals surface area contributed by atoms with Gasteiger partial charge in [-0.1, -0.05) is 0 Å². The molecule has 0 spiro atoms. The van der Waals surface area contributed by atoms with Gasteiger partial charge in [-0.2, -0.15) is 0 Å². The maximum Gasteiger partial charge on any atom is 0.303 e. The second-order valence-electron chi connectivity index (χ2n) is 3.95.